The molecule has 2 rings (SSSR count). The summed E-state index contributed by atoms with van der Waals surface area (Å²) in [5, 5.41) is 14.5. The van der Waals surface area contributed by atoms with Crippen LogP contribution in [0.4, 0.5) is 5.69 Å². The molecule has 0 amide bonds. The van der Waals surface area contributed by atoms with Crippen molar-refractivity contribution in [2.45, 2.75) is 6.54 Å². The molecule has 21 heavy (non-hydrogen) atoms. The maximum Gasteiger partial charge on any atom is 0.311 e. The third kappa shape index (κ3) is 3.93. The first-order valence-electron chi connectivity index (χ1n) is 6.06. The summed E-state index contributed by atoms with van der Waals surface area (Å²) in [4.78, 5) is 10.6. The van der Waals surface area contributed by atoms with E-state index in [9.17, 15) is 10.1 Å². The highest BCUT2D eigenvalue weighted by molar-refractivity contribution is 9.10. The molecule has 0 aliphatic carbocycles. The number of nitro benzene ring substituents is 1. The number of halogens is 2. The lowest BCUT2D eigenvalue weighted by Crippen LogP contribution is -2.06. The molecule has 0 aliphatic heterocycles. The molecule has 110 valence electrons. The Morgan fingerprint density at radius 3 is 2.71 bits per heavy atom. The van der Waals surface area contributed by atoms with E-state index in [0.717, 1.165) is 10.0 Å². The minimum atomic E-state index is -0.499. The smallest absolute Gasteiger partial charge is 0.311 e. The first-order chi connectivity index (χ1) is 10.0. The minimum absolute atomic E-state index is 0.114. The Morgan fingerprint density at radius 2 is 2.05 bits per heavy atom. The molecule has 0 saturated heterocycles. The summed E-state index contributed by atoms with van der Waals surface area (Å²) < 4.78 is 6.54. The van der Waals surface area contributed by atoms with Crippen LogP contribution in [0.1, 0.15) is 5.56 Å². The molecular formula is C14H12BrClN2O3. The molecule has 0 aliphatic rings. The van der Waals surface area contributed by atoms with Gasteiger partial charge in [0.2, 0.25) is 5.75 Å². The van der Waals surface area contributed by atoms with E-state index in [-0.39, 0.29) is 11.4 Å². The fourth-order valence-corrected chi connectivity index (χ4v) is 2.30. The van der Waals surface area contributed by atoms with E-state index < -0.39 is 4.92 Å². The molecule has 0 aromatic heterocycles. The normalized spacial score (nSPS) is 10.4. The Balaban J connectivity index is 2.44. The van der Waals surface area contributed by atoms with Gasteiger partial charge in [-0.3, -0.25) is 10.1 Å². The fraction of sp³-hybridized carbons (Fsp3) is 0.143. The zero-order chi connectivity index (χ0) is 15.4. The van der Waals surface area contributed by atoms with Gasteiger partial charge in [0.15, 0.2) is 0 Å². The Labute approximate surface area is 135 Å². The van der Waals surface area contributed by atoms with Gasteiger partial charge in [-0.1, -0.05) is 33.6 Å². The highest BCUT2D eigenvalue weighted by atomic mass is 79.9. The summed E-state index contributed by atoms with van der Waals surface area (Å²) in [6, 6.07) is 9.74. The first-order valence-corrected chi connectivity index (χ1v) is 7.23. The van der Waals surface area contributed by atoms with Crippen LogP contribution in [0.25, 0.3) is 0 Å². The first kappa shape index (κ1) is 15.8. The van der Waals surface area contributed by atoms with Crippen LogP contribution in [0.15, 0.2) is 40.9 Å². The van der Waals surface area contributed by atoms with Crippen molar-refractivity contribution in [3.8, 4) is 11.5 Å². The van der Waals surface area contributed by atoms with E-state index in [1.54, 1.807) is 6.07 Å². The van der Waals surface area contributed by atoms with E-state index in [4.69, 9.17) is 16.3 Å². The van der Waals surface area contributed by atoms with Gasteiger partial charge < -0.3 is 10.1 Å². The van der Waals surface area contributed by atoms with Crippen molar-refractivity contribution in [3.05, 3.63) is 61.6 Å². The maximum absolute atomic E-state index is 11.1. The molecule has 0 spiro atoms. The largest absolute Gasteiger partial charge is 0.450 e. The lowest BCUT2D eigenvalue weighted by atomic mass is 10.2. The maximum atomic E-state index is 11.1. The van der Waals surface area contributed by atoms with Crippen molar-refractivity contribution in [3.63, 3.8) is 0 Å². The summed E-state index contributed by atoms with van der Waals surface area (Å²) in [7, 11) is 1.81. The van der Waals surface area contributed by atoms with Gasteiger partial charge in [-0.15, -0.1) is 0 Å². The molecular weight excluding hydrogens is 360 g/mol. The SMILES string of the molecule is CNCc1ccc(Br)cc1Oc1cc(Cl)ccc1[N+](=O)[O-]. The van der Waals surface area contributed by atoms with Gasteiger partial charge in [0.05, 0.1) is 4.92 Å². The molecule has 5 nitrogen and oxygen atoms in total. The summed E-state index contributed by atoms with van der Waals surface area (Å²) in [6.45, 7) is 0.580. The van der Waals surface area contributed by atoms with Crippen molar-refractivity contribution >= 4 is 33.2 Å². The van der Waals surface area contributed by atoms with Crippen LogP contribution in [0, 0.1) is 10.1 Å². The van der Waals surface area contributed by atoms with Crippen molar-refractivity contribution in [1.29, 1.82) is 0 Å². The average molecular weight is 372 g/mol. The van der Waals surface area contributed by atoms with Crippen LogP contribution >= 0.6 is 27.5 Å². The fourth-order valence-electron chi connectivity index (χ4n) is 1.80. The number of nitrogens with one attached hydrogen (secondary N) is 1. The van der Waals surface area contributed by atoms with Crippen LogP contribution in [0.5, 0.6) is 11.5 Å². The Kier molecular flexibility index (Phi) is 5.17. The van der Waals surface area contributed by atoms with Gasteiger partial charge in [-0.2, -0.15) is 0 Å². The second kappa shape index (κ2) is 6.89. The van der Waals surface area contributed by atoms with Crippen molar-refractivity contribution in [1.82, 2.24) is 5.32 Å². The highest BCUT2D eigenvalue weighted by Crippen LogP contribution is 2.36. The molecule has 1 N–H and O–H groups in total. The number of hydrogen-bond acceptors (Lipinski definition) is 4. The minimum Gasteiger partial charge on any atom is -0.450 e. The number of ether oxygens (including phenoxy) is 1. The molecule has 0 unspecified atom stereocenters. The van der Waals surface area contributed by atoms with Gasteiger partial charge in [0.25, 0.3) is 0 Å². The average Bonchev–Trinajstić information content (AvgIpc) is 2.42. The van der Waals surface area contributed by atoms with Gasteiger partial charge in [0, 0.05) is 33.7 Å². The third-order valence-electron chi connectivity index (χ3n) is 2.73. The Bertz CT molecular complexity index is 679. The predicted octanol–water partition coefficient (Wildman–Crippen LogP) is 4.52. The van der Waals surface area contributed by atoms with Crippen LogP contribution in [-0.4, -0.2) is 12.0 Å². The lowest BCUT2D eigenvalue weighted by molar-refractivity contribution is -0.385. The van der Waals surface area contributed by atoms with Crippen LogP contribution in [0.2, 0.25) is 5.02 Å². The van der Waals surface area contributed by atoms with Crippen molar-refractivity contribution < 1.29 is 9.66 Å². The number of nitrogens with zero attached hydrogens (tertiary/aromatic N) is 1. The van der Waals surface area contributed by atoms with E-state index in [0.29, 0.717) is 17.3 Å². The van der Waals surface area contributed by atoms with E-state index >= 15 is 0 Å². The van der Waals surface area contributed by atoms with Crippen LogP contribution < -0.4 is 10.1 Å². The van der Waals surface area contributed by atoms with E-state index in [2.05, 4.69) is 21.2 Å². The molecule has 0 radical (unpaired) electrons. The summed E-state index contributed by atoms with van der Waals surface area (Å²) in [6.07, 6.45) is 0. The highest BCUT2D eigenvalue weighted by Gasteiger charge is 2.17. The number of nitro groups is 1. The predicted molar refractivity (Wildman–Crippen MR) is 85.1 cm³/mol. The Morgan fingerprint density at radius 1 is 1.29 bits per heavy atom. The van der Waals surface area contributed by atoms with Crippen molar-refractivity contribution in [2.24, 2.45) is 0 Å². The van der Waals surface area contributed by atoms with Gasteiger partial charge >= 0.3 is 5.69 Å². The van der Waals surface area contributed by atoms with Gasteiger partial charge in [-0.05, 0) is 25.2 Å². The molecule has 2 aromatic carbocycles. The molecule has 0 heterocycles. The standard InChI is InChI=1S/C14H12BrClN2O3/c1-17-8-9-2-3-10(15)6-13(9)21-14-7-11(16)4-5-12(14)18(19)20/h2-7,17H,8H2,1H3. The zero-order valence-corrected chi connectivity index (χ0v) is 13.4. The zero-order valence-electron chi connectivity index (χ0n) is 11.1. The third-order valence-corrected chi connectivity index (χ3v) is 3.46. The van der Waals surface area contributed by atoms with E-state index in [1.807, 2.05) is 19.2 Å². The topological polar surface area (TPSA) is 64.4 Å². The quantitative estimate of drug-likeness (QED) is 0.620. The second-order valence-corrected chi connectivity index (χ2v) is 5.61. The molecule has 0 fully saturated rings. The number of rotatable bonds is 5. The van der Waals surface area contributed by atoms with Gasteiger partial charge in [-0.25, -0.2) is 0 Å². The monoisotopic (exact) mass is 370 g/mol. The van der Waals surface area contributed by atoms with Crippen LogP contribution in [0.3, 0.4) is 0 Å². The molecule has 0 bridgehead atoms. The van der Waals surface area contributed by atoms with E-state index in [1.165, 1.54) is 18.2 Å². The molecule has 0 atom stereocenters. The number of benzene rings is 2. The molecule has 7 heteroatoms. The van der Waals surface area contributed by atoms with Gasteiger partial charge in [0.1, 0.15) is 5.75 Å². The lowest BCUT2D eigenvalue weighted by Gasteiger charge is -2.12. The van der Waals surface area contributed by atoms with Crippen LogP contribution in [-0.2, 0) is 6.54 Å². The second-order valence-electron chi connectivity index (χ2n) is 4.25. The molecule has 2 aromatic rings. The Hall–Kier alpha value is -1.63. The number of hydrogen-bond donors (Lipinski definition) is 1. The summed E-state index contributed by atoms with van der Waals surface area (Å²) in [5.41, 5.74) is 0.754. The molecule has 0 saturated carbocycles. The summed E-state index contributed by atoms with van der Waals surface area (Å²) in [5.74, 6) is 0.645. The summed E-state index contributed by atoms with van der Waals surface area (Å²) >= 11 is 9.26. The van der Waals surface area contributed by atoms with Crippen molar-refractivity contribution in [2.75, 3.05) is 7.05 Å².